The zero-order valence-electron chi connectivity index (χ0n) is 9.12. The fraction of sp³-hybridized carbons (Fsp3) is 0.500. The normalized spacial score (nSPS) is 18.4. The SMILES string of the molecule is COc1cccc2c1CC(CCCN)N2. The Morgan fingerprint density at radius 2 is 2.40 bits per heavy atom. The molecule has 1 aromatic carbocycles. The molecule has 0 spiro atoms. The molecule has 82 valence electrons. The van der Waals surface area contributed by atoms with Gasteiger partial charge in [-0.25, -0.2) is 0 Å². The standard InChI is InChI=1S/C12H18N2O/c1-15-12-6-2-5-11-10(12)8-9(14-11)4-3-7-13/h2,5-6,9,14H,3-4,7-8,13H2,1H3. The molecule has 3 heteroatoms. The average molecular weight is 206 g/mol. The van der Waals surface area contributed by atoms with Gasteiger partial charge in [-0.3, -0.25) is 0 Å². The van der Waals surface area contributed by atoms with Gasteiger partial charge in [0.15, 0.2) is 0 Å². The van der Waals surface area contributed by atoms with Gasteiger partial charge in [-0.05, 0) is 37.9 Å². The predicted molar refractivity (Wildman–Crippen MR) is 62.4 cm³/mol. The molecule has 1 aliphatic heterocycles. The largest absolute Gasteiger partial charge is 0.496 e. The highest BCUT2D eigenvalue weighted by Crippen LogP contribution is 2.34. The summed E-state index contributed by atoms with van der Waals surface area (Å²) in [6.07, 6.45) is 3.27. The molecule has 0 amide bonds. The molecule has 1 atom stereocenters. The average Bonchev–Trinajstić information content (AvgIpc) is 2.68. The Morgan fingerprint density at radius 3 is 3.13 bits per heavy atom. The molecule has 1 aromatic rings. The van der Waals surface area contributed by atoms with Crippen molar-refractivity contribution < 1.29 is 4.74 Å². The molecule has 0 saturated carbocycles. The Kier molecular flexibility index (Phi) is 3.11. The maximum atomic E-state index is 5.52. The smallest absolute Gasteiger partial charge is 0.124 e. The molecular formula is C12H18N2O. The van der Waals surface area contributed by atoms with Gasteiger partial charge in [0.05, 0.1) is 7.11 Å². The third-order valence-electron chi connectivity index (χ3n) is 2.92. The second-order valence-electron chi connectivity index (χ2n) is 3.96. The number of benzene rings is 1. The molecule has 15 heavy (non-hydrogen) atoms. The Bertz CT molecular complexity index is 338. The molecule has 1 heterocycles. The third-order valence-corrected chi connectivity index (χ3v) is 2.92. The van der Waals surface area contributed by atoms with Gasteiger partial charge >= 0.3 is 0 Å². The van der Waals surface area contributed by atoms with Crippen molar-refractivity contribution in [1.82, 2.24) is 0 Å². The number of hydrogen-bond donors (Lipinski definition) is 2. The lowest BCUT2D eigenvalue weighted by Crippen LogP contribution is -2.16. The van der Waals surface area contributed by atoms with Crippen LogP contribution >= 0.6 is 0 Å². The first-order chi connectivity index (χ1) is 7.35. The van der Waals surface area contributed by atoms with Crippen LogP contribution in [0.15, 0.2) is 18.2 Å². The minimum atomic E-state index is 0.528. The van der Waals surface area contributed by atoms with Crippen LogP contribution in [0, 0.1) is 0 Å². The number of anilines is 1. The van der Waals surface area contributed by atoms with Crippen LogP contribution in [0.5, 0.6) is 5.75 Å². The van der Waals surface area contributed by atoms with Crippen molar-refractivity contribution in [2.75, 3.05) is 19.0 Å². The fourth-order valence-corrected chi connectivity index (χ4v) is 2.16. The van der Waals surface area contributed by atoms with Crippen molar-refractivity contribution in [3.63, 3.8) is 0 Å². The van der Waals surface area contributed by atoms with Gasteiger partial charge in [0, 0.05) is 17.3 Å². The molecule has 0 radical (unpaired) electrons. The number of ether oxygens (including phenoxy) is 1. The van der Waals surface area contributed by atoms with Crippen LogP contribution in [0.3, 0.4) is 0 Å². The molecule has 3 nitrogen and oxygen atoms in total. The van der Waals surface area contributed by atoms with Gasteiger partial charge in [-0.1, -0.05) is 6.07 Å². The van der Waals surface area contributed by atoms with Crippen LogP contribution in [0.1, 0.15) is 18.4 Å². The van der Waals surface area contributed by atoms with Crippen molar-refractivity contribution in [3.8, 4) is 5.75 Å². The van der Waals surface area contributed by atoms with E-state index in [9.17, 15) is 0 Å². The molecule has 0 aliphatic carbocycles. The predicted octanol–water partition coefficient (Wildman–Crippen LogP) is 1.77. The van der Waals surface area contributed by atoms with Gasteiger partial charge in [0.25, 0.3) is 0 Å². The summed E-state index contributed by atoms with van der Waals surface area (Å²) in [5, 5.41) is 3.51. The second kappa shape index (κ2) is 4.53. The zero-order valence-corrected chi connectivity index (χ0v) is 9.12. The minimum Gasteiger partial charge on any atom is -0.496 e. The molecular weight excluding hydrogens is 188 g/mol. The van der Waals surface area contributed by atoms with E-state index in [1.165, 1.54) is 11.3 Å². The Hall–Kier alpha value is -1.22. The molecule has 0 fully saturated rings. The lowest BCUT2D eigenvalue weighted by Gasteiger charge is -2.09. The number of methoxy groups -OCH3 is 1. The van der Waals surface area contributed by atoms with Crippen LogP contribution in [-0.4, -0.2) is 19.7 Å². The fourth-order valence-electron chi connectivity index (χ4n) is 2.16. The summed E-state index contributed by atoms with van der Waals surface area (Å²) in [5.41, 5.74) is 8.04. The van der Waals surface area contributed by atoms with Crippen molar-refractivity contribution in [3.05, 3.63) is 23.8 Å². The summed E-state index contributed by atoms with van der Waals surface area (Å²) in [7, 11) is 1.73. The lowest BCUT2D eigenvalue weighted by atomic mass is 10.1. The Labute approximate surface area is 90.6 Å². The molecule has 3 N–H and O–H groups in total. The van der Waals surface area contributed by atoms with Crippen LogP contribution < -0.4 is 15.8 Å². The van der Waals surface area contributed by atoms with E-state index < -0.39 is 0 Å². The number of nitrogens with one attached hydrogen (secondary N) is 1. The summed E-state index contributed by atoms with van der Waals surface area (Å²) >= 11 is 0. The Morgan fingerprint density at radius 1 is 1.53 bits per heavy atom. The highest BCUT2D eigenvalue weighted by Gasteiger charge is 2.22. The highest BCUT2D eigenvalue weighted by molar-refractivity contribution is 5.62. The van der Waals surface area contributed by atoms with Crippen molar-refractivity contribution in [2.45, 2.75) is 25.3 Å². The molecule has 0 aromatic heterocycles. The maximum Gasteiger partial charge on any atom is 0.124 e. The molecule has 0 bridgehead atoms. The molecule has 2 rings (SSSR count). The van der Waals surface area contributed by atoms with E-state index in [1.54, 1.807) is 7.11 Å². The topological polar surface area (TPSA) is 47.3 Å². The number of rotatable bonds is 4. The van der Waals surface area contributed by atoms with Gasteiger partial charge in [0.1, 0.15) is 5.75 Å². The van der Waals surface area contributed by atoms with Crippen LogP contribution in [0.4, 0.5) is 5.69 Å². The maximum absolute atomic E-state index is 5.52. The van der Waals surface area contributed by atoms with Crippen LogP contribution in [0.25, 0.3) is 0 Å². The second-order valence-corrected chi connectivity index (χ2v) is 3.96. The Balaban J connectivity index is 2.09. The third kappa shape index (κ3) is 2.07. The van der Waals surface area contributed by atoms with Gasteiger partial charge in [-0.15, -0.1) is 0 Å². The molecule has 0 saturated heterocycles. The first kappa shape index (κ1) is 10.3. The lowest BCUT2D eigenvalue weighted by molar-refractivity contribution is 0.410. The van der Waals surface area contributed by atoms with E-state index in [4.69, 9.17) is 10.5 Å². The zero-order chi connectivity index (χ0) is 10.7. The van der Waals surface area contributed by atoms with Crippen LogP contribution in [0.2, 0.25) is 0 Å². The van der Waals surface area contributed by atoms with E-state index >= 15 is 0 Å². The quantitative estimate of drug-likeness (QED) is 0.789. The van der Waals surface area contributed by atoms with Crippen molar-refractivity contribution in [2.24, 2.45) is 5.73 Å². The first-order valence-corrected chi connectivity index (χ1v) is 5.47. The van der Waals surface area contributed by atoms with E-state index in [-0.39, 0.29) is 0 Å². The molecule has 1 aliphatic rings. The van der Waals surface area contributed by atoms with E-state index in [2.05, 4.69) is 11.4 Å². The summed E-state index contributed by atoms with van der Waals surface area (Å²) < 4.78 is 5.35. The number of hydrogen-bond acceptors (Lipinski definition) is 3. The van der Waals surface area contributed by atoms with Gasteiger partial charge in [-0.2, -0.15) is 0 Å². The minimum absolute atomic E-state index is 0.528. The summed E-state index contributed by atoms with van der Waals surface area (Å²) in [5.74, 6) is 0.996. The van der Waals surface area contributed by atoms with Gasteiger partial charge < -0.3 is 15.8 Å². The summed E-state index contributed by atoms with van der Waals surface area (Å²) in [6, 6.07) is 6.68. The summed E-state index contributed by atoms with van der Waals surface area (Å²) in [6.45, 7) is 0.770. The number of fused-ring (bicyclic) bond motifs is 1. The first-order valence-electron chi connectivity index (χ1n) is 5.47. The number of nitrogens with two attached hydrogens (primary N) is 1. The highest BCUT2D eigenvalue weighted by atomic mass is 16.5. The van der Waals surface area contributed by atoms with Crippen molar-refractivity contribution in [1.29, 1.82) is 0 Å². The van der Waals surface area contributed by atoms with E-state index in [1.807, 2.05) is 12.1 Å². The monoisotopic (exact) mass is 206 g/mol. The van der Waals surface area contributed by atoms with Crippen LogP contribution in [-0.2, 0) is 6.42 Å². The van der Waals surface area contributed by atoms with E-state index in [0.29, 0.717) is 6.04 Å². The summed E-state index contributed by atoms with van der Waals surface area (Å²) in [4.78, 5) is 0. The molecule has 1 unspecified atom stereocenters. The van der Waals surface area contributed by atoms with Crippen molar-refractivity contribution >= 4 is 5.69 Å². The van der Waals surface area contributed by atoms with Gasteiger partial charge in [0.2, 0.25) is 0 Å². The van der Waals surface area contributed by atoms with E-state index in [0.717, 1.165) is 31.6 Å².